The first-order chi connectivity index (χ1) is 12.8. The van der Waals surface area contributed by atoms with E-state index in [1.54, 1.807) is 36.4 Å². The van der Waals surface area contributed by atoms with Crippen molar-refractivity contribution in [3.63, 3.8) is 0 Å². The van der Waals surface area contributed by atoms with E-state index in [0.717, 1.165) is 0 Å². The molecule has 8 heteroatoms. The van der Waals surface area contributed by atoms with Crippen LogP contribution in [0.1, 0.15) is 17.3 Å². The Morgan fingerprint density at radius 1 is 1.11 bits per heavy atom. The van der Waals surface area contributed by atoms with Gasteiger partial charge in [-0.3, -0.25) is 4.79 Å². The number of benzene rings is 2. The average Bonchev–Trinajstić information content (AvgIpc) is 2.62. The molecule has 0 aliphatic heterocycles. The molecule has 0 saturated heterocycles. The van der Waals surface area contributed by atoms with Gasteiger partial charge in [0, 0.05) is 11.1 Å². The molecule has 0 atom stereocenters. The van der Waals surface area contributed by atoms with Crippen molar-refractivity contribution in [2.24, 2.45) is 0 Å². The smallest absolute Gasteiger partial charge is 0.455 e. The van der Waals surface area contributed by atoms with E-state index in [1.165, 1.54) is 12.1 Å². The van der Waals surface area contributed by atoms with Crippen molar-refractivity contribution < 1.29 is 27.1 Å². The van der Waals surface area contributed by atoms with Crippen LogP contribution in [-0.4, -0.2) is 18.6 Å². The molecule has 27 heavy (non-hydrogen) atoms. The van der Waals surface area contributed by atoms with Gasteiger partial charge in [0.15, 0.2) is 0 Å². The largest absolute Gasteiger partial charge is 0.494 e. The molecule has 0 aliphatic carbocycles. The highest BCUT2D eigenvalue weighted by molar-refractivity contribution is 6.10. The Morgan fingerprint density at radius 2 is 1.78 bits per heavy atom. The van der Waals surface area contributed by atoms with Crippen molar-refractivity contribution in [2.75, 3.05) is 11.9 Å². The number of fused-ring (bicyclic) bond motifs is 1. The molecule has 0 amide bonds. The van der Waals surface area contributed by atoms with Crippen molar-refractivity contribution in [3.8, 4) is 5.75 Å². The molecule has 5 nitrogen and oxygen atoms in total. The SMILES string of the molecule is CCOc1ccc(Nc2c(C(=O)C(F)(F)F)c(=O)oc3ccccc23)cc1. The van der Waals surface area contributed by atoms with Gasteiger partial charge in [-0.15, -0.1) is 0 Å². The lowest BCUT2D eigenvalue weighted by Gasteiger charge is -2.14. The van der Waals surface area contributed by atoms with Gasteiger partial charge in [-0.1, -0.05) is 12.1 Å². The Morgan fingerprint density at radius 3 is 2.41 bits per heavy atom. The van der Waals surface area contributed by atoms with Gasteiger partial charge in [-0.05, 0) is 43.3 Å². The summed E-state index contributed by atoms with van der Waals surface area (Å²) in [4.78, 5) is 24.0. The highest BCUT2D eigenvalue weighted by Crippen LogP contribution is 2.32. The maximum absolute atomic E-state index is 13.0. The van der Waals surface area contributed by atoms with Crippen molar-refractivity contribution in [1.82, 2.24) is 0 Å². The highest BCUT2D eigenvalue weighted by Gasteiger charge is 2.43. The topological polar surface area (TPSA) is 68.5 Å². The molecule has 0 bridgehead atoms. The maximum Gasteiger partial charge on any atom is 0.455 e. The van der Waals surface area contributed by atoms with Gasteiger partial charge >= 0.3 is 11.8 Å². The average molecular weight is 377 g/mol. The first-order valence-electron chi connectivity index (χ1n) is 7.98. The number of alkyl halides is 3. The molecular weight excluding hydrogens is 363 g/mol. The Labute approximate surface area is 151 Å². The molecule has 0 radical (unpaired) electrons. The second-order valence-corrected chi connectivity index (χ2v) is 5.54. The molecule has 0 unspecified atom stereocenters. The summed E-state index contributed by atoms with van der Waals surface area (Å²) in [6, 6.07) is 12.4. The van der Waals surface area contributed by atoms with Crippen molar-refractivity contribution >= 4 is 28.1 Å². The van der Waals surface area contributed by atoms with E-state index >= 15 is 0 Å². The van der Waals surface area contributed by atoms with E-state index in [2.05, 4.69) is 5.32 Å². The minimum atomic E-state index is -5.22. The lowest BCUT2D eigenvalue weighted by Crippen LogP contribution is -2.29. The molecule has 3 aromatic rings. The Kier molecular flexibility index (Phi) is 4.89. The third-order valence-electron chi connectivity index (χ3n) is 3.73. The monoisotopic (exact) mass is 377 g/mol. The molecule has 0 aliphatic rings. The van der Waals surface area contributed by atoms with Crippen molar-refractivity contribution in [1.29, 1.82) is 0 Å². The van der Waals surface area contributed by atoms with Crippen molar-refractivity contribution in [2.45, 2.75) is 13.1 Å². The Hall–Kier alpha value is -3.29. The first kappa shape index (κ1) is 18.5. The number of anilines is 2. The van der Waals surface area contributed by atoms with Gasteiger partial charge in [0.2, 0.25) is 0 Å². The zero-order valence-electron chi connectivity index (χ0n) is 14.1. The summed E-state index contributed by atoms with van der Waals surface area (Å²) in [5.41, 5.74) is -2.26. The lowest BCUT2D eigenvalue weighted by molar-refractivity contribution is -0.0886. The number of hydrogen-bond acceptors (Lipinski definition) is 5. The number of para-hydroxylation sites is 1. The number of rotatable bonds is 5. The maximum atomic E-state index is 13.0. The third-order valence-corrected chi connectivity index (χ3v) is 3.73. The van der Waals surface area contributed by atoms with Crippen molar-refractivity contribution in [3.05, 3.63) is 64.5 Å². The molecule has 1 heterocycles. The summed E-state index contributed by atoms with van der Waals surface area (Å²) < 4.78 is 49.2. The standard InChI is InChI=1S/C19H14F3NO4/c1-2-26-12-9-7-11(8-10-12)23-16-13-5-3-4-6-14(13)27-18(25)15(16)17(24)19(20,21)22/h3-10,23H,2H2,1H3. The summed E-state index contributed by atoms with van der Waals surface area (Å²) in [6.45, 7) is 2.28. The Bertz CT molecular complexity index is 1040. The zero-order chi connectivity index (χ0) is 19.6. The fourth-order valence-corrected chi connectivity index (χ4v) is 2.57. The van der Waals surface area contributed by atoms with Crippen LogP contribution in [0.3, 0.4) is 0 Å². The van der Waals surface area contributed by atoms with Crippen LogP contribution in [0, 0.1) is 0 Å². The molecule has 0 saturated carbocycles. The van der Waals surface area contributed by atoms with E-state index < -0.39 is 23.1 Å². The summed E-state index contributed by atoms with van der Waals surface area (Å²) in [5, 5.41) is 2.92. The molecule has 0 spiro atoms. The molecule has 2 aromatic carbocycles. The fraction of sp³-hybridized carbons (Fsp3) is 0.158. The predicted octanol–water partition coefficient (Wildman–Crippen LogP) is 4.68. The van der Waals surface area contributed by atoms with Crippen LogP contribution in [0.2, 0.25) is 0 Å². The number of carbonyl (C=O) groups excluding carboxylic acids is 1. The second kappa shape index (κ2) is 7.14. The van der Waals surface area contributed by atoms with Gasteiger partial charge in [-0.25, -0.2) is 4.79 Å². The van der Waals surface area contributed by atoms with Crippen LogP contribution in [0.4, 0.5) is 24.5 Å². The third kappa shape index (κ3) is 3.79. The number of halogens is 3. The molecule has 0 fully saturated rings. The number of ether oxygens (including phenoxy) is 1. The van der Waals surface area contributed by atoms with Gasteiger partial charge in [0.05, 0.1) is 12.3 Å². The number of nitrogens with one attached hydrogen (secondary N) is 1. The lowest BCUT2D eigenvalue weighted by atomic mass is 10.1. The Balaban J connectivity index is 2.16. The number of hydrogen-bond donors (Lipinski definition) is 1. The highest BCUT2D eigenvalue weighted by atomic mass is 19.4. The quantitative estimate of drug-likeness (QED) is 0.516. The zero-order valence-corrected chi connectivity index (χ0v) is 14.1. The first-order valence-corrected chi connectivity index (χ1v) is 7.98. The van der Waals surface area contributed by atoms with Gasteiger partial charge in [0.1, 0.15) is 16.9 Å². The minimum Gasteiger partial charge on any atom is -0.494 e. The summed E-state index contributed by atoms with van der Waals surface area (Å²) in [5.74, 6) is -1.69. The van der Waals surface area contributed by atoms with E-state index in [0.29, 0.717) is 18.0 Å². The van der Waals surface area contributed by atoms with Crippen LogP contribution in [0.5, 0.6) is 5.75 Å². The molecular formula is C19H14F3NO4. The number of Topliss-reactive ketones (excluding diaryl/α,β-unsaturated/α-hetero) is 1. The summed E-state index contributed by atoms with van der Waals surface area (Å²) >= 11 is 0. The molecule has 140 valence electrons. The predicted molar refractivity (Wildman–Crippen MR) is 93.8 cm³/mol. The molecule has 3 rings (SSSR count). The van der Waals surface area contributed by atoms with Crippen LogP contribution in [0.25, 0.3) is 11.0 Å². The van der Waals surface area contributed by atoms with Gasteiger partial charge in [-0.2, -0.15) is 13.2 Å². The van der Waals surface area contributed by atoms with Crippen LogP contribution < -0.4 is 15.7 Å². The van der Waals surface area contributed by atoms with E-state index in [-0.39, 0.29) is 16.7 Å². The molecule has 1 aromatic heterocycles. The van der Waals surface area contributed by atoms with E-state index in [4.69, 9.17) is 9.15 Å². The summed E-state index contributed by atoms with van der Waals surface area (Å²) in [6.07, 6.45) is -5.22. The number of ketones is 1. The van der Waals surface area contributed by atoms with Crippen LogP contribution >= 0.6 is 0 Å². The van der Waals surface area contributed by atoms with Gasteiger partial charge in [0.25, 0.3) is 5.78 Å². The summed E-state index contributed by atoms with van der Waals surface area (Å²) in [7, 11) is 0. The minimum absolute atomic E-state index is 0.0645. The van der Waals surface area contributed by atoms with E-state index in [1.807, 2.05) is 6.92 Å². The second-order valence-electron chi connectivity index (χ2n) is 5.54. The number of carbonyl (C=O) groups is 1. The van der Waals surface area contributed by atoms with Gasteiger partial charge < -0.3 is 14.5 Å². The fourth-order valence-electron chi connectivity index (χ4n) is 2.57. The molecule has 1 N–H and O–H groups in total. The van der Waals surface area contributed by atoms with Crippen LogP contribution in [0.15, 0.2) is 57.7 Å². The van der Waals surface area contributed by atoms with Crippen LogP contribution in [-0.2, 0) is 0 Å². The normalized spacial score (nSPS) is 11.4. The van der Waals surface area contributed by atoms with E-state index in [9.17, 15) is 22.8 Å².